The summed E-state index contributed by atoms with van der Waals surface area (Å²) in [6, 6.07) is 2.09. The maximum atomic E-state index is 5.46. The Morgan fingerprint density at radius 3 is 2.65 bits per heavy atom. The molecule has 1 heterocycles. The fraction of sp³-hybridized carbons (Fsp3) is 0.467. The Kier molecular flexibility index (Phi) is 5.78. The maximum absolute atomic E-state index is 5.46. The highest BCUT2D eigenvalue weighted by Gasteiger charge is 1.99. The van der Waals surface area contributed by atoms with Crippen molar-refractivity contribution in [3.8, 4) is 0 Å². The van der Waals surface area contributed by atoms with Gasteiger partial charge in [0.05, 0.1) is 6.26 Å². The highest BCUT2D eigenvalue weighted by atomic mass is 16.3. The number of allylic oxidation sites excluding steroid dienone is 3. The summed E-state index contributed by atoms with van der Waals surface area (Å²) >= 11 is 0. The summed E-state index contributed by atoms with van der Waals surface area (Å²) in [5, 5.41) is 0. The van der Waals surface area contributed by atoms with Crippen molar-refractivity contribution in [1.29, 1.82) is 0 Å². The molecule has 1 aromatic rings. The zero-order valence-corrected chi connectivity index (χ0v) is 11.1. The summed E-state index contributed by atoms with van der Waals surface area (Å²) < 4.78 is 5.43. The number of nitrogens with two attached hydrogens (primary N) is 1. The molecule has 0 aliphatic carbocycles. The molecule has 0 aliphatic rings. The van der Waals surface area contributed by atoms with Gasteiger partial charge in [0.15, 0.2) is 0 Å². The Labute approximate surface area is 104 Å². The van der Waals surface area contributed by atoms with Crippen molar-refractivity contribution < 1.29 is 4.42 Å². The minimum atomic E-state index is 0.639. The highest BCUT2D eigenvalue weighted by Crippen LogP contribution is 2.13. The Morgan fingerprint density at radius 2 is 2.06 bits per heavy atom. The van der Waals surface area contributed by atoms with Gasteiger partial charge in [0.25, 0.3) is 0 Å². The number of rotatable bonds is 6. The van der Waals surface area contributed by atoms with Crippen LogP contribution < -0.4 is 5.73 Å². The average Bonchev–Trinajstić information content (AvgIpc) is 2.64. The quantitative estimate of drug-likeness (QED) is 0.760. The Balaban J connectivity index is 2.37. The SMILES string of the molecule is C/C(=C\CN)CC/C=C(\C)Cc1cc(C)co1. The first kappa shape index (κ1) is 13.8. The summed E-state index contributed by atoms with van der Waals surface area (Å²) in [7, 11) is 0. The lowest BCUT2D eigenvalue weighted by molar-refractivity contribution is 0.518. The number of hydrogen-bond donors (Lipinski definition) is 1. The van der Waals surface area contributed by atoms with Gasteiger partial charge in [0.2, 0.25) is 0 Å². The third kappa shape index (κ3) is 5.55. The zero-order valence-electron chi connectivity index (χ0n) is 11.1. The molecule has 0 radical (unpaired) electrons. The van der Waals surface area contributed by atoms with E-state index >= 15 is 0 Å². The lowest BCUT2D eigenvalue weighted by atomic mass is 10.1. The molecule has 0 amide bonds. The van der Waals surface area contributed by atoms with Gasteiger partial charge in [-0.1, -0.05) is 23.3 Å². The maximum Gasteiger partial charge on any atom is 0.108 e. The van der Waals surface area contributed by atoms with Crippen LogP contribution in [-0.2, 0) is 6.42 Å². The van der Waals surface area contributed by atoms with Crippen LogP contribution in [0.3, 0.4) is 0 Å². The van der Waals surface area contributed by atoms with Crippen molar-refractivity contribution in [3.63, 3.8) is 0 Å². The van der Waals surface area contributed by atoms with Crippen molar-refractivity contribution in [2.45, 2.75) is 40.0 Å². The molecule has 0 spiro atoms. The van der Waals surface area contributed by atoms with Gasteiger partial charge in [0, 0.05) is 13.0 Å². The lowest BCUT2D eigenvalue weighted by Gasteiger charge is -2.00. The van der Waals surface area contributed by atoms with Gasteiger partial charge in [-0.15, -0.1) is 0 Å². The summed E-state index contributed by atoms with van der Waals surface area (Å²) in [6.45, 7) is 6.97. The van der Waals surface area contributed by atoms with E-state index in [1.165, 1.54) is 16.7 Å². The molecule has 94 valence electrons. The van der Waals surface area contributed by atoms with Gasteiger partial charge in [0.1, 0.15) is 5.76 Å². The zero-order chi connectivity index (χ0) is 12.7. The van der Waals surface area contributed by atoms with Gasteiger partial charge in [-0.05, 0) is 45.2 Å². The monoisotopic (exact) mass is 233 g/mol. The van der Waals surface area contributed by atoms with Crippen LogP contribution in [0.4, 0.5) is 0 Å². The van der Waals surface area contributed by atoms with Crippen molar-refractivity contribution in [2.75, 3.05) is 6.54 Å². The van der Waals surface area contributed by atoms with Crippen LogP contribution in [0.5, 0.6) is 0 Å². The largest absolute Gasteiger partial charge is 0.469 e. The van der Waals surface area contributed by atoms with Crippen LogP contribution in [0.15, 0.2) is 40.0 Å². The molecule has 0 aromatic carbocycles. The van der Waals surface area contributed by atoms with Crippen LogP contribution in [0.25, 0.3) is 0 Å². The second-order valence-electron chi connectivity index (χ2n) is 4.64. The first-order valence-electron chi connectivity index (χ1n) is 6.17. The van der Waals surface area contributed by atoms with Crippen LogP contribution in [0, 0.1) is 6.92 Å². The molecule has 0 fully saturated rings. The lowest BCUT2D eigenvalue weighted by Crippen LogP contribution is -1.94. The van der Waals surface area contributed by atoms with Crippen molar-refractivity contribution in [2.24, 2.45) is 5.73 Å². The summed E-state index contributed by atoms with van der Waals surface area (Å²) in [5.41, 5.74) is 9.38. The van der Waals surface area contributed by atoms with E-state index in [1.54, 1.807) is 6.26 Å². The second kappa shape index (κ2) is 7.13. The summed E-state index contributed by atoms with van der Waals surface area (Å²) in [4.78, 5) is 0. The molecule has 2 N–H and O–H groups in total. The molecule has 0 saturated heterocycles. The third-order valence-corrected chi connectivity index (χ3v) is 2.74. The molecular weight excluding hydrogens is 210 g/mol. The van der Waals surface area contributed by atoms with E-state index in [1.807, 2.05) is 6.92 Å². The van der Waals surface area contributed by atoms with E-state index in [0.29, 0.717) is 6.54 Å². The summed E-state index contributed by atoms with van der Waals surface area (Å²) in [5.74, 6) is 1.05. The Morgan fingerprint density at radius 1 is 1.29 bits per heavy atom. The minimum absolute atomic E-state index is 0.639. The topological polar surface area (TPSA) is 39.2 Å². The Hall–Kier alpha value is -1.28. The molecule has 0 bridgehead atoms. The van der Waals surface area contributed by atoms with Crippen molar-refractivity contribution in [3.05, 3.63) is 47.0 Å². The molecule has 1 rings (SSSR count). The number of furan rings is 1. The van der Waals surface area contributed by atoms with Gasteiger partial charge < -0.3 is 10.2 Å². The molecule has 17 heavy (non-hydrogen) atoms. The third-order valence-electron chi connectivity index (χ3n) is 2.74. The average molecular weight is 233 g/mol. The fourth-order valence-corrected chi connectivity index (χ4v) is 1.78. The first-order chi connectivity index (χ1) is 8.11. The molecule has 2 nitrogen and oxygen atoms in total. The molecule has 1 aromatic heterocycles. The molecule has 0 saturated carbocycles. The molecular formula is C15H23NO. The van der Waals surface area contributed by atoms with Crippen LogP contribution in [0.1, 0.15) is 38.0 Å². The van der Waals surface area contributed by atoms with Crippen LogP contribution >= 0.6 is 0 Å². The van der Waals surface area contributed by atoms with E-state index in [4.69, 9.17) is 10.2 Å². The fourth-order valence-electron chi connectivity index (χ4n) is 1.78. The van der Waals surface area contributed by atoms with Crippen LogP contribution in [0.2, 0.25) is 0 Å². The first-order valence-corrected chi connectivity index (χ1v) is 6.17. The number of hydrogen-bond acceptors (Lipinski definition) is 2. The molecule has 0 atom stereocenters. The van der Waals surface area contributed by atoms with Crippen molar-refractivity contribution >= 4 is 0 Å². The highest BCUT2D eigenvalue weighted by molar-refractivity contribution is 5.16. The van der Waals surface area contributed by atoms with Crippen molar-refractivity contribution in [1.82, 2.24) is 0 Å². The molecule has 0 aliphatic heterocycles. The Bertz CT molecular complexity index is 399. The van der Waals surface area contributed by atoms with E-state index in [2.05, 4.69) is 32.1 Å². The van der Waals surface area contributed by atoms with E-state index < -0.39 is 0 Å². The van der Waals surface area contributed by atoms with Gasteiger partial charge in [-0.2, -0.15) is 0 Å². The van der Waals surface area contributed by atoms with Gasteiger partial charge >= 0.3 is 0 Å². The van der Waals surface area contributed by atoms with E-state index in [0.717, 1.165) is 25.0 Å². The molecule has 0 unspecified atom stereocenters. The van der Waals surface area contributed by atoms with E-state index in [9.17, 15) is 0 Å². The van der Waals surface area contributed by atoms with Gasteiger partial charge in [-0.3, -0.25) is 0 Å². The summed E-state index contributed by atoms with van der Waals surface area (Å²) in [6.07, 6.45) is 9.24. The smallest absolute Gasteiger partial charge is 0.108 e. The predicted octanol–water partition coefficient (Wildman–Crippen LogP) is 3.76. The van der Waals surface area contributed by atoms with E-state index in [-0.39, 0.29) is 0 Å². The standard InChI is InChI=1S/C15H23NO/c1-12(7-8-16)5-4-6-13(2)9-15-10-14(3)11-17-15/h6-7,10-11H,4-5,8-9,16H2,1-3H3/b12-7+,13-6+. The van der Waals surface area contributed by atoms with Gasteiger partial charge in [-0.25, -0.2) is 0 Å². The second-order valence-corrected chi connectivity index (χ2v) is 4.64. The normalized spacial score (nSPS) is 13.2. The minimum Gasteiger partial charge on any atom is -0.469 e. The number of aryl methyl sites for hydroxylation is 1. The molecule has 2 heteroatoms. The predicted molar refractivity (Wildman–Crippen MR) is 73.0 cm³/mol. The van der Waals surface area contributed by atoms with Crippen LogP contribution in [-0.4, -0.2) is 6.54 Å².